The van der Waals surface area contributed by atoms with E-state index in [1.54, 1.807) is 0 Å². The van der Waals surface area contributed by atoms with Crippen molar-refractivity contribution in [1.82, 2.24) is 0 Å². The summed E-state index contributed by atoms with van der Waals surface area (Å²) in [7, 11) is 0. The number of unbranched alkanes of at least 4 members (excludes halogenated alkanes) is 18. The average molecular weight is 581 g/mol. The third-order valence-electron chi connectivity index (χ3n) is 8.49. The highest BCUT2D eigenvalue weighted by atomic mass is 17.2. The van der Waals surface area contributed by atoms with Gasteiger partial charge in [-0.2, -0.15) is 0 Å². The van der Waals surface area contributed by atoms with E-state index in [-0.39, 0.29) is 0 Å². The molecule has 0 aliphatic rings. The van der Waals surface area contributed by atoms with Crippen LogP contribution in [0.25, 0.3) is 0 Å². The van der Waals surface area contributed by atoms with E-state index in [0.717, 1.165) is 30.6 Å². The molecule has 3 nitrogen and oxygen atoms in total. The lowest BCUT2D eigenvalue weighted by molar-refractivity contribution is -0.392. The summed E-state index contributed by atoms with van der Waals surface area (Å²) in [4.78, 5) is 12.5. The summed E-state index contributed by atoms with van der Waals surface area (Å²) < 4.78 is 6.38. The molecule has 0 aliphatic heterocycles. The van der Waals surface area contributed by atoms with Gasteiger partial charge < -0.3 is 9.62 Å². The van der Waals surface area contributed by atoms with E-state index in [4.69, 9.17) is 14.5 Å². The summed E-state index contributed by atoms with van der Waals surface area (Å²) in [6.07, 6.45) is 28.4. The second-order valence-corrected chi connectivity index (χ2v) is 12.2. The Morgan fingerprint density at radius 2 is 0.976 bits per heavy atom. The van der Waals surface area contributed by atoms with E-state index >= 15 is 0 Å². The molecule has 1 atom stereocenters. The Morgan fingerprint density at radius 1 is 0.500 bits per heavy atom. The number of aryl methyl sites for hydroxylation is 1. The average Bonchev–Trinajstić information content (AvgIpc) is 3.02. The molecule has 0 fully saturated rings. The molecule has 0 amide bonds. The molecule has 0 aliphatic carbocycles. The maximum Gasteiger partial charge on any atom is 0.239 e. The highest BCUT2D eigenvalue weighted by Crippen LogP contribution is 2.35. The summed E-state index contributed by atoms with van der Waals surface area (Å²) in [5, 5.41) is 0. The van der Waals surface area contributed by atoms with Crippen LogP contribution in [0, 0.1) is 0 Å². The Labute approximate surface area is 260 Å². The lowest BCUT2D eigenvalue weighted by Crippen LogP contribution is -2.35. The molecule has 0 N–H and O–H groups in total. The number of hydrogen-bond acceptors (Lipinski definition) is 3. The van der Waals surface area contributed by atoms with Crippen LogP contribution < -0.4 is 4.89 Å². The fraction of sp³-hybridized carbons (Fsp3) is 0.692. The van der Waals surface area contributed by atoms with Crippen LogP contribution in [0.5, 0.6) is 5.75 Å². The van der Waals surface area contributed by atoms with Crippen molar-refractivity contribution in [3.63, 3.8) is 0 Å². The van der Waals surface area contributed by atoms with Gasteiger partial charge in [0.2, 0.25) is 5.79 Å². The molecule has 42 heavy (non-hydrogen) atoms. The van der Waals surface area contributed by atoms with E-state index in [1.165, 1.54) is 128 Å². The van der Waals surface area contributed by atoms with Crippen LogP contribution in [-0.4, -0.2) is 6.61 Å². The normalized spacial score (nSPS) is 12.8. The topological polar surface area (TPSA) is 27.7 Å². The fourth-order valence-electron chi connectivity index (χ4n) is 5.89. The minimum absolute atomic E-state index is 0.566. The van der Waals surface area contributed by atoms with Gasteiger partial charge in [0, 0.05) is 18.6 Å². The Hall–Kier alpha value is -1.84. The second-order valence-electron chi connectivity index (χ2n) is 12.2. The maximum atomic E-state index is 6.38. The largest absolute Gasteiger partial charge is 0.343 e. The van der Waals surface area contributed by atoms with E-state index in [9.17, 15) is 0 Å². The maximum absolute atomic E-state index is 6.38. The first kappa shape index (κ1) is 36.4. The Bertz CT molecular complexity index is 867. The van der Waals surface area contributed by atoms with Gasteiger partial charge in [0.05, 0.1) is 0 Å². The molecule has 2 aromatic rings. The van der Waals surface area contributed by atoms with Crippen molar-refractivity contribution in [2.24, 2.45) is 0 Å². The van der Waals surface area contributed by atoms with Gasteiger partial charge >= 0.3 is 0 Å². The van der Waals surface area contributed by atoms with E-state index in [0.29, 0.717) is 6.61 Å². The highest BCUT2D eigenvalue weighted by molar-refractivity contribution is 5.33. The summed E-state index contributed by atoms with van der Waals surface area (Å²) in [5.41, 5.74) is 2.23. The number of benzene rings is 2. The van der Waals surface area contributed by atoms with E-state index in [1.807, 2.05) is 25.1 Å². The fourth-order valence-corrected chi connectivity index (χ4v) is 5.89. The van der Waals surface area contributed by atoms with Gasteiger partial charge in [-0.1, -0.05) is 178 Å². The van der Waals surface area contributed by atoms with Gasteiger partial charge in [-0.3, -0.25) is 0 Å². The lowest BCUT2D eigenvalue weighted by atomic mass is 9.98. The molecule has 238 valence electrons. The van der Waals surface area contributed by atoms with Gasteiger partial charge in [-0.05, 0) is 37.8 Å². The van der Waals surface area contributed by atoms with E-state index < -0.39 is 5.79 Å². The van der Waals surface area contributed by atoms with Gasteiger partial charge in [0.25, 0.3) is 0 Å². The van der Waals surface area contributed by atoms with E-state index in [2.05, 4.69) is 50.2 Å². The van der Waals surface area contributed by atoms with Crippen molar-refractivity contribution in [3.05, 3.63) is 65.7 Å². The number of ether oxygens (including phenoxy) is 1. The molecule has 2 aromatic carbocycles. The molecule has 0 bridgehead atoms. The van der Waals surface area contributed by atoms with Crippen LogP contribution >= 0.6 is 0 Å². The van der Waals surface area contributed by atoms with Crippen molar-refractivity contribution in [2.75, 3.05) is 6.61 Å². The summed E-state index contributed by atoms with van der Waals surface area (Å²) in [5.74, 6) is -0.0903. The van der Waals surface area contributed by atoms with Crippen LogP contribution in [0.3, 0.4) is 0 Å². The molecule has 3 heteroatoms. The number of hydrogen-bond donors (Lipinski definition) is 0. The zero-order valence-corrected chi connectivity index (χ0v) is 27.7. The predicted molar refractivity (Wildman–Crippen MR) is 180 cm³/mol. The summed E-state index contributed by atoms with van der Waals surface area (Å²) in [6, 6.07) is 18.7. The van der Waals surface area contributed by atoms with Gasteiger partial charge in [0.1, 0.15) is 0 Å². The SMILES string of the molecule is CCCCCCCCCCCCCCCCC(OCC)(OOc1ccccc1CCCCCCCC)c1ccccc1. The Balaban J connectivity index is 1.82. The summed E-state index contributed by atoms with van der Waals surface area (Å²) >= 11 is 0. The Kier molecular flexibility index (Phi) is 21.3. The molecule has 1 unspecified atom stereocenters. The molecule has 0 radical (unpaired) electrons. The van der Waals surface area contributed by atoms with Gasteiger partial charge in [-0.15, -0.1) is 4.89 Å². The quantitative estimate of drug-likeness (QED) is 0.0433. The molecule has 0 saturated carbocycles. The molecule has 0 aromatic heterocycles. The third-order valence-corrected chi connectivity index (χ3v) is 8.49. The smallest absolute Gasteiger partial charge is 0.239 e. The van der Waals surface area contributed by atoms with Crippen LogP contribution in [-0.2, 0) is 21.8 Å². The van der Waals surface area contributed by atoms with Crippen LogP contribution in [0.1, 0.15) is 167 Å². The standard InChI is InChI=1S/C39H64O3/c1-4-7-9-11-13-14-15-16-17-18-19-20-22-29-35-39(40-6-3,37-32-25-23-26-33-37)42-41-38-34-28-27-31-36(38)30-24-21-12-10-8-5-2/h23,25-28,31-34H,4-22,24,29-30,35H2,1-3H3. The highest BCUT2D eigenvalue weighted by Gasteiger charge is 2.36. The third kappa shape index (κ3) is 15.6. The molecular formula is C39H64O3. The van der Waals surface area contributed by atoms with Crippen LogP contribution in [0.15, 0.2) is 54.6 Å². The van der Waals surface area contributed by atoms with Crippen molar-refractivity contribution in [1.29, 1.82) is 0 Å². The summed E-state index contributed by atoms with van der Waals surface area (Å²) in [6.45, 7) is 7.17. The number of rotatable bonds is 28. The predicted octanol–water partition coefficient (Wildman–Crippen LogP) is 12.7. The minimum atomic E-state index is -0.902. The zero-order valence-electron chi connectivity index (χ0n) is 27.7. The molecule has 0 spiro atoms. The molecule has 0 saturated heterocycles. The van der Waals surface area contributed by atoms with Crippen molar-refractivity contribution in [3.8, 4) is 5.75 Å². The van der Waals surface area contributed by atoms with Gasteiger partial charge in [-0.25, -0.2) is 0 Å². The minimum Gasteiger partial charge on any atom is -0.343 e. The monoisotopic (exact) mass is 580 g/mol. The van der Waals surface area contributed by atoms with Gasteiger partial charge in [0.15, 0.2) is 5.75 Å². The number of para-hydroxylation sites is 1. The first-order chi connectivity index (χ1) is 20.8. The Morgan fingerprint density at radius 3 is 1.52 bits per heavy atom. The van der Waals surface area contributed by atoms with Crippen molar-refractivity contribution >= 4 is 0 Å². The second kappa shape index (κ2) is 24.6. The molecule has 2 rings (SSSR count). The first-order valence-corrected chi connectivity index (χ1v) is 17.9. The first-order valence-electron chi connectivity index (χ1n) is 17.9. The van der Waals surface area contributed by atoms with Crippen molar-refractivity contribution in [2.45, 2.75) is 168 Å². The van der Waals surface area contributed by atoms with Crippen molar-refractivity contribution < 1.29 is 14.5 Å². The molecular weight excluding hydrogens is 516 g/mol. The van der Waals surface area contributed by atoms with Crippen LogP contribution in [0.2, 0.25) is 0 Å². The zero-order chi connectivity index (χ0) is 30.0. The molecule has 0 heterocycles. The van der Waals surface area contributed by atoms with Crippen LogP contribution in [0.4, 0.5) is 0 Å². The lowest BCUT2D eigenvalue weighted by Gasteiger charge is -2.32.